The van der Waals surface area contributed by atoms with Crippen LogP contribution in [0, 0.1) is 12.8 Å². The third kappa shape index (κ3) is 4.96. The summed E-state index contributed by atoms with van der Waals surface area (Å²) in [5.41, 5.74) is 1.79. The summed E-state index contributed by atoms with van der Waals surface area (Å²) < 4.78 is 26.4. The van der Waals surface area contributed by atoms with Gasteiger partial charge in [0.15, 0.2) is 9.84 Å². The highest BCUT2D eigenvalue weighted by atomic mass is 32.2. The SMILES string of the molecule is Cc1c(NC(=O)c2cccc(NC(=O)CC3CCS(=O)(=O)C3)c2)c(=O)n(-c2ccccc2)n1C. The molecule has 1 aromatic heterocycles. The van der Waals surface area contributed by atoms with Crippen LogP contribution in [-0.4, -0.2) is 41.1 Å². The van der Waals surface area contributed by atoms with Gasteiger partial charge in [-0.05, 0) is 49.6 Å². The molecule has 1 fully saturated rings. The van der Waals surface area contributed by atoms with E-state index in [1.54, 1.807) is 49.0 Å². The van der Waals surface area contributed by atoms with Crippen molar-refractivity contribution >= 4 is 33.0 Å². The molecule has 3 aromatic rings. The normalized spacial score (nSPS) is 16.8. The van der Waals surface area contributed by atoms with Crippen molar-refractivity contribution in [3.05, 3.63) is 76.2 Å². The van der Waals surface area contributed by atoms with E-state index in [0.717, 1.165) is 0 Å². The highest BCUT2D eigenvalue weighted by Gasteiger charge is 2.29. The monoisotopic (exact) mass is 482 g/mol. The first-order valence-electron chi connectivity index (χ1n) is 10.9. The summed E-state index contributed by atoms with van der Waals surface area (Å²) in [7, 11) is -1.31. The highest BCUT2D eigenvalue weighted by molar-refractivity contribution is 7.91. The number of benzene rings is 2. The number of nitrogens with one attached hydrogen (secondary N) is 2. The lowest BCUT2D eigenvalue weighted by atomic mass is 10.0. The number of hydrogen-bond acceptors (Lipinski definition) is 5. The van der Waals surface area contributed by atoms with Crippen molar-refractivity contribution < 1.29 is 18.0 Å². The van der Waals surface area contributed by atoms with Gasteiger partial charge in [0, 0.05) is 24.7 Å². The molecule has 2 heterocycles. The number of carbonyl (C=O) groups is 2. The van der Waals surface area contributed by atoms with Gasteiger partial charge in [-0.15, -0.1) is 0 Å². The second-order valence-corrected chi connectivity index (χ2v) is 10.7. The molecule has 1 aliphatic heterocycles. The van der Waals surface area contributed by atoms with Gasteiger partial charge in [-0.1, -0.05) is 24.3 Å². The summed E-state index contributed by atoms with van der Waals surface area (Å²) in [5, 5.41) is 5.43. The van der Waals surface area contributed by atoms with E-state index in [0.29, 0.717) is 23.5 Å². The van der Waals surface area contributed by atoms with Crippen molar-refractivity contribution in [2.45, 2.75) is 19.8 Å². The minimum absolute atomic E-state index is 0.0276. The van der Waals surface area contributed by atoms with Crippen LogP contribution in [0.15, 0.2) is 59.4 Å². The molecule has 2 aromatic carbocycles. The van der Waals surface area contributed by atoms with E-state index in [2.05, 4.69) is 10.6 Å². The number of sulfone groups is 1. The van der Waals surface area contributed by atoms with Crippen LogP contribution in [0.2, 0.25) is 0 Å². The van der Waals surface area contributed by atoms with E-state index in [-0.39, 0.29) is 46.6 Å². The van der Waals surface area contributed by atoms with Gasteiger partial charge in [0.25, 0.3) is 11.5 Å². The zero-order valence-corrected chi connectivity index (χ0v) is 19.8. The van der Waals surface area contributed by atoms with E-state index in [9.17, 15) is 22.8 Å². The number of anilines is 2. The van der Waals surface area contributed by atoms with Crippen LogP contribution in [0.1, 0.15) is 28.9 Å². The molecule has 0 saturated carbocycles. The Hall–Kier alpha value is -3.66. The number of aromatic nitrogens is 2. The summed E-state index contributed by atoms with van der Waals surface area (Å²) >= 11 is 0. The average Bonchev–Trinajstić information content (AvgIpc) is 3.24. The summed E-state index contributed by atoms with van der Waals surface area (Å²) in [6.07, 6.45) is 0.590. The molecule has 2 amide bonds. The average molecular weight is 483 g/mol. The molecule has 2 N–H and O–H groups in total. The molecule has 1 aliphatic rings. The predicted octanol–water partition coefficient (Wildman–Crippen LogP) is 2.50. The Morgan fingerprint density at radius 1 is 1.06 bits per heavy atom. The van der Waals surface area contributed by atoms with Crippen LogP contribution in [0.4, 0.5) is 11.4 Å². The fourth-order valence-electron chi connectivity index (χ4n) is 4.14. The summed E-state index contributed by atoms with van der Waals surface area (Å²) in [6.45, 7) is 1.75. The standard InChI is InChI=1S/C24H26N4O5S/c1-16-22(24(31)28(27(16)2)20-9-4-3-5-10-20)26-23(30)18-7-6-8-19(14-18)25-21(29)13-17-11-12-34(32,33)15-17/h3-10,14,17H,11-13,15H2,1-2H3,(H,25,29)(H,26,30). The van der Waals surface area contributed by atoms with Gasteiger partial charge < -0.3 is 10.6 Å². The van der Waals surface area contributed by atoms with E-state index in [4.69, 9.17) is 0 Å². The van der Waals surface area contributed by atoms with Crippen LogP contribution < -0.4 is 16.2 Å². The van der Waals surface area contributed by atoms with Crippen molar-refractivity contribution in [3.8, 4) is 5.69 Å². The molecule has 34 heavy (non-hydrogen) atoms. The molecule has 0 spiro atoms. The van der Waals surface area contributed by atoms with Gasteiger partial charge in [-0.25, -0.2) is 13.1 Å². The van der Waals surface area contributed by atoms with Gasteiger partial charge in [0.05, 0.1) is 22.9 Å². The molecule has 4 rings (SSSR count). The first-order chi connectivity index (χ1) is 16.1. The first kappa shape index (κ1) is 23.5. The first-order valence-corrected chi connectivity index (χ1v) is 12.7. The maximum absolute atomic E-state index is 13.0. The smallest absolute Gasteiger partial charge is 0.295 e. The number of para-hydroxylation sites is 1. The second-order valence-electron chi connectivity index (χ2n) is 8.49. The molecular weight excluding hydrogens is 456 g/mol. The van der Waals surface area contributed by atoms with Gasteiger partial charge in [0.1, 0.15) is 5.69 Å². The Morgan fingerprint density at radius 3 is 2.47 bits per heavy atom. The molecule has 0 radical (unpaired) electrons. The van der Waals surface area contributed by atoms with Crippen molar-refractivity contribution in [1.82, 2.24) is 9.36 Å². The molecule has 1 unspecified atom stereocenters. The van der Waals surface area contributed by atoms with Gasteiger partial charge in [0.2, 0.25) is 5.91 Å². The van der Waals surface area contributed by atoms with Crippen LogP contribution in [0.5, 0.6) is 0 Å². The Balaban J connectivity index is 1.48. The minimum atomic E-state index is -3.05. The molecule has 1 saturated heterocycles. The molecular formula is C24H26N4O5S. The van der Waals surface area contributed by atoms with Crippen LogP contribution in [0.25, 0.3) is 5.69 Å². The Bertz CT molecular complexity index is 1410. The fraction of sp³-hybridized carbons (Fsp3) is 0.292. The maximum Gasteiger partial charge on any atom is 0.295 e. The Morgan fingerprint density at radius 2 is 1.79 bits per heavy atom. The number of nitrogens with zero attached hydrogens (tertiary/aromatic N) is 2. The molecule has 1 atom stereocenters. The topological polar surface area (TPSA) is 119 Å². The lowest BCUT2D eigenvalue weighted by Crippen LogP contribution is -2.23. The zero-order chi connectivity index (χ0) is 24.5. The van der Waals surface area contributed by atoms with Gasteiger partial charge in [-0.2, -0.15) is 0 Å². The third-order valence-corrected chi connectivity index (χ3v) is 7.84. The molecule has 9 nitrogen and oxygen atoms in total. The van der Waals surface area contributed by atoms with Crippen LogP contribution in [0.3, 0.4) is 0 Å². The fourth-order valence-corrected chi connectivity index (χ4v) is 6.01. The predicted molar refractivity (Wildman–Crippen MR) is 130 cm³/mol. The number of amides is 2. The molecule has 178 valence electrons. The van der Waals surface area contributed by atoms with E-state index in [1.165, 1.54) is 10.7 Å². The summed E-state index contributed by atoms with van der Waals surface area (Å²) in [5.74, 6) is -0.830. The Kier molecular flexibility index (Phi) is 6.43. The van der Waals surface area contributed by atoms with Crippen LogP contribution >= 0.6 is 0 Å². The van der Waals surface area contributed by atoms with E-state index >= 15 is 0 Å². The van der Waals surface area contributed by atoms with E-state index < -0.39 is 15.7 Å². The van der Waals surface area contributed by atoms with E-state index in [1.807, 2.05) is 18.2 Å². The minimum Gasteiger partial charge on any atom is -0.326 e. The van der Waals surface area contributed by atoms with Gasteiger partial charge in [-0.3, -0.25) is 19.1 Å². The molecule has 0 bridgehead atoms. The summed E-state index contributed by atoms with van der Waals surface area (Å²) in [6, 6.07) is 15.5. The highest BCUT2D eigenvalue weighted by Crippen LogP contribution is 2.22. The number of carbonyl (C=O) groups excluding carboxylic acids is 2. The quantitative estimate of drug-likeness (QED) is 0.560. The van der Waals surface area contributed by atoms with Gasteiger partial charge >= 0.3 is 0 Å². The van der Waals surface area contributed by atoms with Crippen LogP contribution in [-0.2, 0) is 21.7 Å². The maximum atomic E-state index is 13.0. The molecule has 10 heteroatoms. The largest absolute Gasteiger partial charge is 0.326 e. The summed E-state index contributed by atoms with van der Waals surface area (Å²) in [4.78, 5) is 38.3. The second kappa shape index (κ2) is 9.30. The van der Waals surface area contributed by atoms with Crippen molar-refractivity contribution in [2.75, 3.05) is 22.1 Å². The lowest BCUT2D eigenvalue weighted by Gasteiger charge is -2.10. The zero-order valence-electron chi connectivity index (χ0n) is 18.9. The van der Waals surface area contributed by atoms with Crippen molar-refractivity contribution in [1.29, 1.82) is 0 Å². The van der Waals surface area contributed by atoms with Crippen molar-refractivity contribution in [3.63, 3.8) is 0 Å². The Labute approximate surface area is 197 Å². The van der Waals surface area contributed by atoms with Crippen molar-refractivity contribution in [2.24, 2.45) is 13.0 Å². The number of rotatable bonds is 6. The third-order valence-electron chi connectivity index (χ3n) is 6.00. The lowest BCUT2D eigenvalue weighted by molar-refractivity contribution is -0.116. The number of hydrogen-bond donors (Lipinski definition) is 2. The molecule has 0 aliphatic carbocycles.